The molecule has 0 atom stereocenters. The maximum atomic E-state index is 10.8. The van der Waals surface area contributed by atoms with Crippen LogP contribution in [0.1, 0.15) is 6.92 Å². The van der Waals surface area contributed by atoms with Crippen molar-refractivity contribution < 1.29 is 9.53 Å². The number of nitrogens with one attached hydrogen (secondary N) is 1. The number of carbonyl (C=O) groups is 1. The number of rotatable bonds is 6. The molecule has 0 saturated heterocycles. The Balaban J connectivity index is 1.84. The molecule has 0 aliphatic rings. The summed E-state index contributed by atoms with van der Waals surface area (Å²) >= 11 is 6.03. The summed E-state index contributed by atoms with van der Waals surface area (Å²) < 4.78 is 4.85. The molecule has 0 aliphatic carbocycles. The molecule has 2 aromatic carbocycles. The summed E-state index contributed by atoms with van der Waals surface area (Å²) in [6.45, 7) is 1.36. The molecule has 3 rings (SSSR count). The minimum atomic E-state index is -0.378. The van der Waals surface area contributed by atoms with Gasteiger partial charge in [0.25, 0.3) is 0 Å². The number of fused-ring (bicyclic) bond motifs is 1. The highest BCUT2D eigenvalue weighted by Crippen LogP contribution is 2.27. The molecule has 0 amide bonds. The van der Waals surface area contributed by atoms with Crippen molar-refractivity contribution >= 4 is 45.7 Å². The molecule has 0 fully saturated rings. The molecule has 138 valence electrons. The predicted octanol–water partition coefficient (Wildman–Crippen LogP) is 4.48. The average molecular weight is 385 g/mol. The first-order valence-electron chi connectivity index (χ1n) is 8.05. The van der Waals surface area contributed by atoms with Crippen molar-refractivity contribution in [2.75, 3.05) is 19.1 Å². The van der Waals surface area contributed by atoms with E-state index in [1.165, 1.54) is 18.3 Å². The molecule has 1 N–H and O–H groups in total. The van der Waals surface area contributed by atoms with E-state index in [9.17, 15) is 4.79 Å². The molecule has 0 spiro atoms. The van der Waals surface area contributed by atoms with Gasteiger partial charge in [-0.05, 0) is 36.4 Å². The molecular formula is C18H17ClN6O2. The van der Waals surface area contributed by atoms with E-state index in [4.69, 9.17) is 16.3 Å². The second-order valence-corrected chi connectivity index (χ2v) is 6.11. The Hall–Kier alpha value is -3.26. The second kappa shape index (κ2) is 8.41. The monoisotopic (exact) mass is 384 g/mol. The first kappa shape index (κ1) is 18.5. The molecule has 0 aliphatic heterocycles. The number of esters is 1. The third-order valence-electron chi connectivity index (χ3n) is 3.47. The summed E-state index contributed by atoms with van der Waals surface area (Å²) in [5.74, 6) is 0.254. The molecule has 0 bridgehead atoms. The molecular weight excluding hydrogens is 368 g/mol. The number of carbonyl (C=O) groups excluding carboxylic acids is 1. The van der Waals surface area contributed by atoms with Crippen molar-refractivity contribution in [2.24, 2.45) is 10.3 Å². The molecule has 1 heterocycles. The topological polar surface area (TPSA) is 92.1 Å². The second-order valence-electron chi connectivity index (χ2n) is 5.67. The zero-order valence-corrected chi connectivity index (χ0v) is 15.5. The van der Waals surface area contributed by atoms with Crippen molar-refractivity contribution in [3.05, 3.63) is 53.8 Å². The van der Waals surface area contributed by atoms with Crippen LogP contribution in [-0.4, -0.2) is 34.7 Å². The highest BCUT2D eigenvalue weighted by atomic mass is 35.5. The minimum absolute atomic E-state index is 0.0249. The number of hydrogen-bond donors (Lipinski definition) is 1. The van der Waals surface area contributed by atoms with E-state index in [1.54, 1.807) is 19.2 Å². The van der Waals surface area contributed by atoms with Crippen molar-refractivity contribution in [3.8, 4) is 0 Å². The Kier molecular flexibility index (Phi) is 5.77. The van der Waals surface area contributed by atoms with Crippen molar-refractivity contribution in [1.29, 1.82) is 0 Å². The largest absolute Gasteiger partial charge is 0.443 e. The lowest BCUT2D eigenvalue weighted by Crippen LogP contribution is -2.16. The number of hydrogen-bond acceptors (Lipinski definition) is 7. The lowest BCUT2D eigenvalue weighted by atomic mass is 10.2. The maximum absolute atomic E-state index is 10.8. The van der Waals surface area contributed by atoms with Crippen LogP contribution < -0.4 is 5.32 Å². The van der Waals surface area contributed by atoms with E-state index >= 15 is 0 Å². The summed E-state index contributed by atoms with van der Waals surface area (Å²) in [5.41, 5.74) is 2.19. The SMILES string of the molecule is CC(=O)OCN(C)N=Nc1ccc2ncnc(Nc3cccc(Cl)c3)c2c1. The van der Waals surface area contributed by atoms with Gasteiger partial charge in [-0.3, -0.25) is 4.79 Å². The van der Waals surface area contributed by atoms with Gasteiger partial charge in [-0.1, -0.05) is 22.9 Å². The number of nitrogens with zero attached hydrogens (tertiary/aromatic N) is 5. The van der Waals surface area contributed by atoms with Crippen molar-refractivity contribution in [1.82, 2.24) is 15.0 Å². The van der Waals surface area contributed by atoms with Gasteiger partial charge in [-0.25, -0.2) is 15.0 Å². The summed E-state index contributed by atoms with van der Waals surface area (Å²) in [4.78, 5) is 19.4. The van der Waals surface area contributed by atoms with Crippen LogP contribution in [0.5, 0.6) is 0 Å². The van der Waals surface area contributed by atoms with Crippen LogP contribution in [0, 0.1) is 0 Å². The highest BCUT2D eigenvalue weighted by molar-refractivity contribution is 6.30. The lowest BCUT2D eigenvalue weighted by molar-refractivity contribution is -0.145. The number of aromatic nitrogens is 2. The van der Waals surface area contributed by atoms with Crippen LogP contribution in [0.2, 0.25) is 5.02 Å². The highest BCUT2D eigenvalue weighted by Gasteiger charge is 2.06. The smallest absolute Gasteiger partial charge is 0.304 e. The maximum Gasteiger partial charge on any atom is 0.304 e. The summed E-state index contributed by atoms with van der Waals surface area (Å²) in [6, 6.07) is 12.8. The number of benzene rings is 2. The van der Waals surface area contributed by atoms with Crippen LogP contribution in [0.25, 0.3) is 10.9 Å². The standard InChI is InChI=1S/C18H17ClN6O2/c1-12(26)27-11-25(2)24-23-15-6-7-17-16(9-15)18(21-10-20-17)22-14-5-3-4-13(19)8-14/h3-10H,11H2,1-2H3,(H,20,21,22). The Bertz CT molecular complexity index is 995. The fraction of sp³-hybridized carbons (Fsp3) is 0.167. The molecule has 27 heavy (non-hydrogen) atoms. The molecule has 0 saturated carbocycles. The Morgan fingerprint density at radius 2 is 2.11 bits per heavy atom. The fourth-order valence-electron chi connectivity index (χ4n) is 2.25. The van der Waals surface area contributed by atoms with Crippen LogP contribution in [-0.2, 0) is 9.53 Å². The van der Waals surface area contributed by atoms with E-state index in [-0.39, 0.29) is 12.7 Å². The summed E-state index contributed by atoms with van der Waals surface area (Å²) in [7, 11) is 1.66. The molecule has 3 aromatic rings. The van der Waals surface area contributed by atoms with E-state index in [2.05, 4.69) is 25.6 Å². The number of halogens is 1. The minimum Gasteiger partial charge on any atom is -0.443 e. The van der Waals surface area contributed by atoms with Gasteiger partial charge < -0.3 is 10.1 Å². The molecule has 8 nitrogen and oxygen atoms in total. The first-order chi connectivity index (χ1) is 13.0. The van der Waals surface area contributed by atoms with Crippen LogP contribution in [0.4, 0.5) is 17.2 Å². The number of anilines is 2. The van der Waals surface area contributed by atoms with Gasteiger partial charge in [0.1, 0.15) is 12.1 Å². The van der Waals surface area contributed by atoms with E-state index in [0.717, 1.165) is 16.6 Å². The summed E-state index contributed by atoms with van der Waals surface area (Å²) in [6.07, 6.45) is 1.49. The average Bonchev–Trinajstić information content (AvgIpc) is 2.65. The van der Waals surface area contributed by atoms with Gasteiger partial charge in [0.05, 0.1) is 11.2 Å². The van der Waals surface area contributed by atoms with E-state index < -0.39 is 0 Å². The Morgan fingerprint density at radius 1 is 1.26 bits per heavy atom. The van der Waals surface area contributed by atoms with Crippen molar-refractivity contribution in [3.63, 3.8) is 0 Å². The normalized spacial score (nSPS) is 10.9. The van der Waals surface area contributed by atoms with Crippen LogP contribution in [0.3, 0.4) is 0 Å². The zero-order valence-electron chi connectivity index (χ0n) is 14.8. The van der Waals surface area contributed by atoms with Crippen molar-refractivity contribution in [2.45, 2.75) is 6.92 Å². The Labute approximate surface area is 160 Å². The first-order valence-corrected chi connectivity index (χ1v) is 8.42. The molecule has 9 heteroatoms. The quantitative estimate of drug-likeness (QED) is 0.291. The van der Waals surface area contributed by atoms with Crippen LogP contribution in [0.15, 0.2) is 59.1 Å². The van der Waals surface area contributed by atoms with Gasteiger partial charge >= 0.3 is 5.97 Å². The fourth-order valence-corrected chi connectivity index (χ4v) is 2.44. The van der Waals surface area contributed by atoms with E-state index in [0.29, 0.717) is 16.5 Å². The third-order valence-corrected chi connectivity index (χ3v) is 3.71. The Morgan fingerprint density at radius 3 is 2.89 bits per heavy atom. The van der Waals surface area contributed by atoms with Gasteiger partial charge in [-0.2, -0.15) is 0 Å². The van der Waals surface area contributed by atoms with Crippen LogP contribution >= 0.6 is 11.6 Å². The van der Waals surface area contributed by atoms with Gasteiger partial charge in [-0.15, -0.1) is 5.11 Å². The molecule has 0 radical (unpaired) electrons. The lowest BCUT2D eigenvalue weighted by Gasteiger charge is -2.11. The number of ether oxygens (including phenoxy) is 1. The van der Waals surface area contributed by atoms with Gasteiger partial charge in [0, 0.05) is 30.1 Å². The molecule has 0 unspecified atom stereocenters. The van der Waals surface area contributed by atoms with Gasteiger partial charge in [0.15, 0.2) is 6.73 Å². The summed E-state index contributed by atoms with van der Waals surface area (Å²) in [5, 5.41) is 14.2. The zero-order chi connectivity index (χ0) is 19.2. The molecule has 1 aromatic heterocycles. The predicted molar refractivity (Wildman–Crippen MR) is 103 cm³/mol. The van der Waals surface area contributed by atoms with E-state index in [1.807, 2.05) is 30.3 Å². The van der Waals surface area contributed by atoms with Gasteiger partial charge in [0.2, 0.25) is 0 Å². The third kappa shape index (κ3) is 5.11.